The second kappa shape index (κ2) is 9.57. The fourth-order valence-electron chi connectivity index (χ4n) is 3.61. The van der Waals surface area contributed by atoms with Crippen LogP contribution in [-0.4, -0.2) is 28.3 Å². The number of benzene rings is 2. The molecule has 0 aliphatic carbocycles. The molecule has 1 atom stereocenters. The second-order valence-corrected chi connectivity index (χ2v) is 7.48. The van der Waals surface area contributed by atoms with Crippen LogP contribution in [-0.2, 0) is 20.9 Å². The predicted molar refractivity (Wildman–Crippen MR) is 116 cm³/mol. The number of halogens is 1. The van der Waals surface area contributed by atoms with Crippen molar-refractivity contribution < 1.29 is 19.2 Å². The van der Waals surface area contributed by atoms with Gasteiger partial charge in [0.2, 0.25) is 5.91 Å². The summed E-state index contributed by atoms with van der Waals surface area (Å²) >= 11 is 6.36. The van der Waals surface area contributed by atoms with Gasteiger partial charge in [-0.15, -0.1) is 0 Å². The summed E-state index contributed by atoms with van der Waals surface area (Å²) in [6, 6.07) is 13.0. The third-order valence-electron chi connectivity index (χ3n) is 5.14. The summed E-state index contributed by atoms with van der Waals surface area (Å²) in [6.07, 6.45) is 1.52. The lowest BCUT2D eigenvalue weighted by Crippen LogP contribution is -2.38. The van der Waals surface area contributed by atoms with E-state index in [1.54, 1.807) is 43.3 Å². The molecule has 0 fully saturated rings. The van der Waals surface area contributed by atoms with E-state index in [2.05, 4.69) is 6.58 Å². The summed E-state index contributed by atoms with van der Waals surface area (Å²) in [5.41, 5.74) is 2.17. The first-order chi connectivity index (χ1) is 14.8. The van der Waals surface area contributed by atoms with Gasteiger partial charge in [0.25, 0.3) is 5.69 Å². The van der Waals surface area contributed by atoms with Crippen molar-refractivity contribution in [3.63, 3.8) is 0 Å². The number of hydrogen-bond acceptors (Lipinski definition) is 5. The molecule has 1 aliphatic rings. The molecule has 2 aromatic rings. The zero-order valence-corrected chi connectivity index (χ0v) is 17.7. The Morgan fingerprint density at radius 2 is 1.97 bits per heavy atom. The third kappa shape index (κ3) is 4.83. The summed E-state index contributed by atoms with van der Waals surface area (Å²) in [5, 5.41) is 11.3. The lowest BCUT2D eigenvalue weighted by Gasteiger charge is -2.34. The Morgan fingerprint density at radius 3 is 2.58 bits per heavy atom. The topological polar surface area (TPSA) is 89.8 Å². The number of rotatable bonds is 7. The van der Waals surface area contributed by atoms with E-state index in [1.807, 2.05) is 0 Å². The molecule has 1 aliphatic heterocycles. The molecule has 3 rings (SSSR count). The number of esters is 1. The number of carbonyl (C=O) groups is 2. The molecule has 0 radical (unpaired) electrons. The Balaban J connectivity index is 2.00. The van der Waals surface area contributed by atoms with E-state index in [0.29, 0.717) is 27.4 Å². The van der Waals surface area contributed by atoms with Gasteiger partial charge in [-0.05, 0) is 24.1 Å². The molecule has 7 nitrogen and oxygen atoms in total. The van der Waals surface area contributed by atoms with Crippen molar-refractivity contribution in [2.45, 2.75) is 25.8 Å². The van der Waals surface area contributed by atoms with Crippen LogP contribution in [0, 0.1) is 10.1 Å². The van der Waals surface area contributed by atoms with Crippen molar-refractivity contribution in [2.24, 2.45) is 0 Å². The molecule has 160 valence electrons. The zero-order chi connectivity index (χ0) is 22.5. The van der Waals surface area contributed by atoms with Crippen LogP contribution in [0.3, 0.4) is 0 Å². The molecule has 2 aromatic carbocycles. The number of amides is 1. The van der Waals surface area contributed by atoms with Crippen molar-refractivity contribution in [1.29, 1.82) is 0 Å². The normalized spacial score (nSPS) is 16.3. The smallest absolute Gasteiger partial charge is 0.336 e. The number of hydrogen-bond donors (Lipinski definition) is 0. The van der Waals surface area contributed by atoms with Gasteiger partial charge in [0.05, 0.1) is 17.0 Å². The first kappa shape index (κ1) is 22.2. The van der Waals surface area contributed by atoms with E-state index in [4.69, 9.17) is 16.3 Å². The van der Waals surface area contributed by atoms with Crippen LogP contribution >= 0.6 is 11.6 Å². The van der Waals surface area contributed by atoms with Crippen molar-refractivity contribution in [3.05, 3.63) is 98.7 Å². The van der Waals surface area contributed by atoms with Gasteiger partial charge in [0.15, 0.2) is 0 Å². The number of nitro benzene ring substituents is 1. The van der Waals surface area contributed by atoms with Gasteiger partial charge >= 0.3 is 5.97 Å². The molecular weight excluding hydrogens is 420 g/mol. The zero-order valence-electron chi connectivity index (χ0n) is 16.9. The number of ether oxygens (including phenoxy) is 1. The summed E-state index contributed by atoms with van der Waals surface area (Å²) in [4.78, 5) is 37.8. The molecule has 0 saturated heterocycles. The molecule has 0 aromatic heterocycles. The largest absolute Gasteiger partial charge is 0.458 e. The lowest BCUT2D eigenvalue weighted by atomic mass is 9.83. The number of non-ortho nitro benzene ring substituents is 1. The molecule has 0 N–H and O–H groups in total. The fourth-order valence-corrected chi connectivity index (χ4v) is 3.88. The molecule has 0 bridgehead atoms. The molecule has 1 heterocycles. The summed E-state index contributed by atoms with van der Waals surface area (Å²) in [5.74, 6) is -1.25. The minimum Gasteiger partial charge on any atom is -0.458 e. The minimum atomic E-state index is -0.538. The Bertz CT molecular complexity index is 1060. The highest BCUT2D eigenvalue weighted by Crippen LogP contribution is 2.40. The fraction of sp³-hybridized carbons (Fsp3) is 0.217. The highest BCUT2D eigenvalue weighted by molar-refractivity contribution is 6.31. The van der Waals surface area contributed by atoms with Gasteiger partial charge in [-0.3, -0.25) is 14.9 Å². The van der Waals surface area contributed by atoms with Gasteiger partial charge in [0, 0.05) is 35.2 Å². The molecule has 1 amide bonds. The Kier molecular flexibility index (Phi) is 6.87. The Hall–Kier alpha value is -3.45. The van der Waals surface area contributed by atoms with E-state index in [0.717, 1.165) is 0 Å². The maximum Gasteiger partial charge on any atom is 0.336 e. The van der Waals surface area contributed by atoms with Crippen LogP contribution in [0.25, 0.3) is 0 Å². The monoisotopic (exact) mass is 440 g/mol. The summed E-state index contributed by atoms with van der Waals surface area (Å²) < 4.78 is 5.30. The van der Waals surface area contributed by atoms with E-state index < -0.39 is 16.8 Å². The van der Waals surface area contributed by atoms with E-state index in [-0.39, 0.29) is 31.2 Å². The van der Waals surface area contributed by atoms with E-state index in [1.165, 1.54) is 23.1 Å². The molecule has 1 unspecified atom stereocenters. The quantitative estimate of drug-likeness (QED) is 0.268. The van der Waals surface area contributed by atoms with Gasteiger partial charge < -0.3 is 9.64 Å². The van der Waals surface area contributed by atoms with Crippen LogP contribution in [0.1, 0.15) is 30.4 Å². The average Bonchev–Trinajstić information content (AvgIpc) is 2.75. The second-order valence-electron chi connectivity index (χ2n) is 7.07. The Labute approximate surface area is 184 Å². The van der Waals surface area contributed by atoms with Crippen molar-refractivity contribution in [2.75, 3.05) is 6.61 Å². The number of nitrogens with zero attached hydrogens (tertiary/aromatic N) is 2. The molecule has 31 heavy (non-hydrogen) atoms. The van der Waals surface area contributed by atoms with Crippen molar-refractivity contribution >= 4 is 29.2 Å². The number of allylic oxidation sites excluding steroid dienone is 1. The first-order valence-corrected chi connectivity index (χ1v) is 9.98. The minimum absolute atomic E-state index is 0.0338. The van der Waals surface area contributed by atoms with Gasteiger partial charge in [-0.25, -0.2) is 4.79 Å². The van der Waals surface area contributed by atoms with Crippen LogP contribution in [0.5, 0.6) is 0 Å². The highest BCUT2D eigenvalue weighted by atomic mass is 35.5. The van der Waals surface area contributed by atoms with Gasteiger partial charge in [-0.2, -0.15) is 0 Å². The summed E-state index contributed by atoms with van der Waals surface area (Å²) in [6.45, 7) is 5.47. The molecule has 0 saturated carbocycles. The van der Waals surface area contributed by atoms with Crippen molar-refractivity contribution in [1.82, 2.24) is 4.90 Å². The number of nitro groups is 1. The van der Waals surface area contributed by atoms with Crippen molar-refractivity contribution in [3.8, 4) is 0 Å². The highest BCUT2D eigenvalue weighted by Gasteiger charge is 2.37. The standard InChI is InChI=1S/C23H21ClN2O5/c1-3-12-31-23(28)22-15(2)25(14-16-8-10-17(11-9-16)26(29)30)21(27)13-19(22)18-6-4-5-7-20(18)24/h3-11,19H,1,12-14H2,2H3. The van der Waals surface area contributed by atoms with Crippen LogP contribution in [0.2, 0.25) is 5.02 Å². The predicted octanol–water partition coefficient (Wildman–Crippen LogP) is 4.77. The van der Waals surface area contributed by atoms with E-state index in [9.17, 15) is 19.7 Å². The van der Waals surface area contributed by atoms with Gasteiger partial charge in [0.1, 0.15) is 6.61 Å². The van der Waals surface area contributed by atoms with Crippen LogP contribution in [0.15, 0.2) is 72.5 Å². The van der Waals surface area contributed by atoms with E-state index >= 15 is 0 Å². The molecule has 0 spiro atoms. The van der Waals surface area contributed by atoms with Gasteiger partial charge in [-0.1, -0.05) is 54.6 Å². The van der Waals surface area contributed by atoms with Crippen LogP contribution in [0.4, 0.5) is 5.69 Å². The molecule has 8 heteroatoms. The lowest BCUT2D eigenvalue weighted by molar-refractivity contribution is -0.384. The third-order valence-corrected chi connectivity index (χ3v) is 5.49. The average molecular weight is 441 g/mol. The number of carbonyl (C=O) groups excluding carboxylic acids is 2. The molecular formula is C23H21ClN2O5. The first-order valence-electron chi connectivity index (χ1n) is 9.60. The maximum absolute atomic E-state index is 13.0. The Morgan fingerprint density at radius 1 is 1.29 bits per heavy atom. The summed E-state index contributed by atoms with van der Waals surface area (Å²) in [7, 11) is 0. The maximum atomic E-state index is 13.0. The SMILES string of the molecule is C=CCOC(=O)C1=C(C)N(Cc2ccc([N+](=O)[O-])cc2)C(=O)CC1c1ccccc1Cl. The van der Waals surface area contributed by atoms with Crippen LogP contribution < -0.4 is 0 Å².